The Morgan fingerprint density at radius 3 is 1.55 bits per heavy atom. The first-order valence-electron chi connectivity index (χ1n) is 20.3. The Bertz CT molecular complexity index is 2830. The van der Waals surface area contributed by atoms with E-state index in [1.165, 1.54) is 48.8 Å². The smallest absolute Gasteiger partial charge is 0.188 e. The third kappa shape index (κ3) is 4.79. The number of nitrogens with zero attached hydrogens (tertiary/aromatic N) is 1. The summed E-state index contributed by atoms with van der Waals surface area (Å²) in [4.78, 5) is 2.49. The molecule has 3 nitrogen and oxygen atoms in total. The van der Waals surface area contributed by atoms with E-state index in [9.17, 15) is 0 Å². The highest BCUT2D eigenvalue weighted by molar-refractivity contribution is 7.20. The van der Waals surface area contributed by atoms with Gasteiger partial charge in [-0.2, -0.15) is 0 Å². The van der Waals surface area contributed by atoms with Crippen LogP contribution in [0.5, 0.6) is 23.0 Å². The molecule has 3 aliphatic heterocycles. The Balaban J connectivity index is 1.30. The topological polar surface area (TPSA) is 21.7 Å². The molecule has 0 aliphatic carbocycles. The van der Waals surface area contributed by atoms with Gasteiger partial charge in [0.2, 0.25) is 0 Å². The number of para-hydroxylation sites is 5. The van der Waals surface area contributed by atoms with Crippen LogP contribution in [0, 0.1) is 0 Å². The fraction of sp³-hybridized carbons (Fsp3) is 0.111. The van der Waals surface area contributed by atoms with Crippen LogP contribution in [0.1, 0.15) is 49.9 Å². The van der Waals surface area contributed by atoms with Crippen LogP contribution in [0.15, 0.2) is 188 Å². The third-order valence-corrected chi connectivity index (χ3v) is 17.8. The fourth-order valence-corrected chi connectivity index (χ4v) is 15.2. The lowest BCUT2D eigenvalue weighted by Gasteiger charge is -2.44. The van der Waals surface area contributed by atoms with Gasteiger partial charge in [0, 0.05) is 38.8 Å². The van der Waals surface area contributed by atoms with E-state index in [1.807, 2.05) is 0 Å². The number of benzene rings is 8. The van der Waals surface area contributed by atoms with Crippen molar-refractivity contribution >= 4 is 45.9 Å². The van der Waals surface area contributed by atoms with E-state index in [0.29, 0.717) is 0 Å². The van der Waals surface area contributed by atoms with Crippen LogP contribution in [-0.4, -0.2) is 8.07 Å². The summed E-state index contributed by atoms with van der Waals surface area (Å²) in [5, 5.41) is 5.07. The van der Waals surface area contributed by atoms with E-state index in [2.05, 4.69) is 221 Å². The average molecular weight is 766 g/mol. The molecule has 3 heterocycles. The van der Waals surface area contributed by atoms with E-state index in [0.717, 1.165) is 45.4 Å². The summed E-state index contributed by atoms with van der Waals surface area (Å²) in [6.45, 7) is 9.31. The molecule has 11 rings (SSSR count). The van der Waals surface area contributed by atoms with Crippen LogP contribution in [0.4, 0.5) is 17.1 Å². The normalized spacial score (nSPS) is 15.9. The maximum Gasteiger partial charge on any atom is 0.188 e. The van der Waals surface area contributed by atoms with Gasteiger partial charge in [-0.1, -0.05) is 179 Å². The van der Waals surface area contributed by atoms with E-state index < -0.39 is 8.07 Å². The first-order valence-corrected chi connectivity index (χ1v) is 22.3. The molecule has 0 aromatic heterocycles. The van der Waals surface area contributed by atoms with Crippen molar-refractivity contribution in [2.75, 3.05) is 4.90 Å². The summed E-state index contributed by atoms with van der Waals surface area (Å²) in [7, 11) is -3.06. The molecule has 0 fully saturated rings. The first-order chi connectivity index (χ1) is 28.3. The Morgan fingerprint density at radius 2 is 0.897 bits per heavy atom. The van der Waals surface area contributed by atoms with Crippen LogP contribution < -0.4 is 35.1 Å². The number of anilines is 3. The van der Waals surface area contributed by atoms with E-state index in [4.69, 9.17) is 9.47 Å². The molecule has 58 heavy (non-hydrogen) atoms. The van der Waals surface area contributed by atoms with Gasteiger partial charge >= 0.3 is 0 Å². The van der Waals surface area contributed by atoms with Crippen LogP contribution in [0.3, 0.4) is 0 Å². The summed E-state index contributed by atoms with van der Waals surface area (Å²) < 4.78 is 14.4. The largest absolute Gasteiger partial charge is 0.457 e. The lowest BCUT2D eigenvalue weighted by Crippen LogP contribution is -2.76. The molecule has 0 atom stereocenters. The number of hydrogen-bond donors (Lipinski definition) is 0. The molecular weight excluding hydrogens is 723 g/mol. The molecule has 0 bridgehead atoms. The van der Waals surface area contributed by atoms with Crippen molar-refractivity contribution in [2.24, 2.45) is 0 Å². The minimum Gasteiger partial charge on any atom is -0.457 e. The SMILES string of the molecule is CC1(C)c2ccccc2N(c2cc(-c3cccc4c3Oc3ccccc3C4(C)C)c3c(c2)[Si](c2ccccc2)(c2ccccc2)c2ccccc2O3)c2ccccc21. The zero-order valence-electron chi connectivity index (χ0n) is 33.2. The van der Waals surface area contributed by atoms with Crippen LogP contribution in [0.2, 0.25) is 0 Å². The Kier molecular flexibility index (Phi) is 7.57. The van der Waals surface area contributed by atoms with Crippen molar-refractivity contribution in [1.29, 1.82) is 0 Å². The molecule has 3 aliphatic rings. The molecule has 0 amide bonds. The van der Waals surface area contributed by atoms with E-state index in [-0.39, 0.29) is 10.8 Å². The monoisotopic (exact) mass is 765 g/mol. The van der Waals surface area contributed by atoms with Crippen molar-refractivity contribution in [2.45, 2.75) is 38.5 Å². The maximum absolute atomic E-state index is 7.35. The highest BCUT2D eigenvalue weighted by Crippen LogP contribution is 2.55. The minimum atomic E-state index is -3.06. The standard InChI is InChI=1S/C54H43NO2Si/c1-53(2)41-25-11-14-29-45(41)55(46-30-15-12-26-42(46)53)36-34-40(39-24-19-28-44-51(39)56-47-31-16-13-27-43(47)54(44,3)4)52-50(35-36)58(37-20-7-5-8-21-37,38-22-9-6-10-23-38)49-33-18-17-32-48(49)57-52/h5-35H,1-4H3. The predicted molar refractivity (Wildman–Crippen MR) is 241 cm³/mol. The highest BCUT2D eigenvalue weighted by atomic mass is 28.3. The zero-order chi connectivity index (χ0) is 39.2. The molecule has 8 aromatic rings. The van der Waals surface area contributed by atoms with Crippen molar-refractivity contribution < 1.29 is 9.47 Å². The molecule has 0 saturated carbocycles. The van der Waals surface area contributed by atoms with Gasteiger partial charge in [0.15, 0.2) is 8.07 Å². The second-order valence-electron chi connectivity index (χ2n) is 16.9. The molecule has 0 unspecified atom stereocenters. The molecule has 280 valence electrons. The van der Waals surface area contributed by atoms with Crippen molar-refractivity contribution in [1.82, 2.24) is 0 Å². The summed E-state index contributed by atoms with van der Waals surface area (Å²) in [6.07, 6.45) is 0. The van der Waals surface area contributed by atoms with Gasteiger partial charge in [-0.25, -0.2) is 0 Å². The Morgan fingerprint density at radius 1 is 0.397 bits per heavy atom. The fourth-order valence-electron chi connectivity index (χ4n) is 10.2. The molecule has 0 N–H and O–H groups in total. The van der Waals surface area contributed by atoms with Gasteiger partial charge in [-0.3, -0.25) is 0 Å². The number of hydrogen-bond acceptors (Lipinski definition) is 3. The van der Waals surface area contributed by atoms with Crippen LogP contribution in [0.25, 0.3) is 11.1 Å². The van der Waals surface area contributed by atoms with Crippen molar-refractivity contribution in [3.8, 4) is 34.1 Å². The Hall–Kier alpha value is -6.62. The van der Waals surface area contributed by atoms with E-state index in [1.54, 1.807) is 0 Å². The summed E-state index contributed by atoms with van der Waals surface area (Å²) in [5.74, 6) is 3.55. The third-order valence-electron chi connectivity index (χ3n) is 13.0. The van der Waals surface area contributed by atoms with Crippen LogP contribution in [-0.2, 0) is 10.8 Å². The van der Waals surface area contributed by atoms with Gasteiger partial charge in [0.05, 0.1) is 11.4 Å². The van der Waals surface area contributed by atoms with Gasteiger partial charge in [0.25, 0.3) is 0 Å². The van der Waals surface area contributed by atoms with E-state index >= 15 is 0 Å². The lowest BCUT2D eigenvalue weighted by molar-refractivity contribution is 0.419. The van der Waals surface area contributed by atoms with Crippen molar-refractivity contribution in [3.63, 3.8) is 0 Å². The molecule has 0 saturated heterocycles. The maximum atomic E-state index is 7.35. The Labute approximate surface area is 341 Å². The number of ether oxygens (including phenoxy) is 2. The summed E-state index contributed by atoms with van der Waals surface area (Å²) >= 11 is 0. The van der Waals surface area contributed by atoms with Gasteiger partial charge < -0.3 is 14.4 Å². The average Bonchev–Trinajstić information content (AvgIpc) is 3.26. The molecule has 0 radical (unpaired) electrons. The predicted octanol–water partition coefficient (Wildman–Crippen LogP) is 11.4. The van der Waals surface area contributed by atoms with Gasteiger partial charge in [-0.15, -0.1) is 0 Å². The van der Waals surface area contributed by atoms with Gasteiger partial charge in [0.1, 0.15) is 23.0 Å². The second kappa shape index (κ2) is 12.7. The first kappa shape index (κ1) is 34.6. The lowest BCUT2D eigenvalue weighted by atomic mass is 9.73. The molecular formula is C54H43NO2Si. The number of rotatable bonds is 4. The summed E-state index contributed by atoms with van der Waals surface area (Å²) in [5.41, 5.74) is 9.93. The van der Waals surface area contributed by atoms with Crippen LogP contribution >= 0.6 is 0 Å². The minimum absolute atomic E-state index is 0.194. The molecule has 4 heteroatoms. The quantitative estimate of drug-likeness (QED) is 0.167. The number of fused-ring (bicyclic) bond motifs is 6. The highest BCUT2D eigenvalue weighted by Gasteiger charge is 2.50. The summed E-state index contributed by atoms with van der Waals surface area (Å²) in [6, 6.07) is 68.8. The molecule has 0 spiro atoms. The zero-order valence-corrected chi connectivity index (χ0v) is 34.2. The molecule has 8 aromatic carbocycles. The van der Waals surface area contributed by atoms with Gasteiger partial charge in [-0.05, 0) is 68.3 Å². The second-order valence-corrected chi connectivity index (χ2v) is 20.6. The van der Waals surface area contributed by atoms with Crippen molar-refractivity contribution in [3.05, 3.63) is 210 Å².